The number of carbonyl (C=O) groups is 1. The lowest BCUT2D eigenvalue weighted by Crippen LogP contribution is -2.46. The minimum Gasteiger partial charge on any atom is -0.299 e. The number of hydrogen-bond donors (Lipinski definition) is 0. The van der Waals surface area contributed by atoms with Crippen LogP contribution in [0.1, 0.15) is 36.9 Å². The highest BCUT2D eigenvalue weighted by molar-refractivity contribution is 5.95. The van der Waals surface area contributed by atoms with Crippen LogP contribution in [-0.2, 0) is 4.79 Å². The Hall–Kier alpha value is -3.41. The second kappa shape index (κ2) is 5.25. The molecule has 6 heteroatoms. The summed E-state index contributed by atoms with van der Waals surface area (Å²) < 4.78 is 4.51. The first-order valence-corrected chi connectivity index (χ1v) is 10.8. The van der Waals surface area contributed by atoms with Gasteiger partial charge in [0.15, 0.2) is 0 Å². The van der Waals surface area contributed by atoms with Crippen LogP contribution in [0.3, 0.4) is 0 Å². The maximum Gasteiger partial charge on any atom is 0.352 e. The van der Waals surface area contributed by atoms with Gasteiger partial charge in [0.2, 0.25) is 0 Å². The highest BCUT2D eigenvalue weighted by Gasteiger charge is 2.89. The van der Waals surface area contributed by atoms with Gasteiger partial charge in [-0.1, -0.05) is 67.6 Å². The maximum atomic E-state index is 13.6. The first-order chi connectivity index (χ1) is 15.0. The Kier molecular flexibility index (Phi) is 2.93. The number of carbonyl (C=O) groups excluding carboxylic acids is 1. The number of benzene rings is 2. The lowest BCUT2D eigenvalue weighted by molar-refractivity contribution is -0.123. The van der Waals surface area contributed by atoms with Gasteiger partial charge in [0.1, 0.15) is 5.78 Å². The van der Waals surface area contributed by atoms with E-state index < -0.39 is 5.41 Å². The van der Waals surface area contributed by atoms with Crippen LogP contribution in [0.25, 0.3) is 5.69 Å². The van der Waals surface area contributed by atoms with Gasteiger partial charge in [-0.2, -0.15) is 0 Å². The summed E-state index contributed by atoms with van der Waals surface area (Å²) in [5.41, 5.74) is 0.181. The van der Waals surface area contributed by atoms with Crippen molar-refractivity contribution in [2.45, 2.75) is 31.3 Å². The summed E-state index contributed by atoms with van der Waals surface area (Å²) in [5, 5.41) is 0. The van der Waals surface area contributed by atoms with Crippen LogP contribution in [0.4, 0.5) is 0 Å². The van der Waals surface area contributed by atoms with E-state index in [4.69, 9.17) is 0 Å². The van der Waals surface area contributed by atoms with Crippen molar-refractivity contribution in [3.05, 3.63) is 99.3 Å². The van der Waals surface area contributed by atoms with Gasteiger partial charge in [-0.15, -0.1) is 0 Å². The SMILES string of the molecule is C[C@]12C(=O)C[C@@H](c3ccccc3)C13[C@@H]1C=C[C@H]([C@@H]32)n2c(=O)n(-c3ccccc3)c(=O)n21. The fraction of sp³-hybridized carbons (Fsp3) is 0.320. The van der Waals surface area contributed by atoms with Gasteiger partial charge >= 0.3 is 11.4 Å². The molecule has 5 aliphatic rings. The van der Waals surface area contributed by atoms with Gasteiger partial charge in [0, 0.05) is 29.1 Å². The van der Waals surface area contributed by atoms with E-state index in [1.807, 2.05) is 42.5 Å². The van der Waals surface area contributed by atoms with Crippen molar-refractivity contribution in [1.82, 2.24) is 13.9 Å². The monoisotopic (exact) mass is 411 g/mol. The minimum atomic E-state index is -0.519. The zero-order valence-electron chi connectivity index (χ0n) is 17.0. The molecule has 0 amide bonds. The van der Waals surface area contributed by atoms with Gasteiger partial charge in [-0.3, -0.25) is 4.79 Å². The van der Waals surface area contributed by atoms with Crippen LogP contribution in [0.15, 0.2) is 82.4 Å². The molecule has 2 saturated carbocycles. The van der Waals surface area contributed by atoms with Crippen LogP contribution in [0.5, 0.6) is 0 Å². The van der Waals surface area contributed by atoms with Gasteiger partial charge in [0.05, 0.1) is 17.8 Å². The minimum absolute atomic E-state index is 0.0326. The fourth-order valence-electron chi connectivity index (χ4n) is 7.46. The van der Waals surface area contributed by atoms with Crippen molar-refractivity contribution in [2.75, 3.05) is 0 Å². The molecule has 6 atom stereocenters. The molecule has 2 aliphatic heterocycles. The second-order valence-corrected chi connectivity index (χ2v) is 9.45. The maximum absolute atomic E-state index is 13.6. The van der Waals surface area contributed by atoms with Crippen LogP contribution < -0.4 is 11.4 Å². The lowest BCUT2D eigenvalue weighted by atomic mass is 9.72. The Morgan fingerprint density at radius 3 is 2.19 bits per heavy atom. The normalized spacial score (nSPS) is 36.2. The molecular formula is C25H21N3O3. The molecule has 154 valence electrons. The molecule has 6 nitrogen and oxygen atoms in total. The molecule has 1 aromatic heterocycles. The molecular weight excluding hydrogens is 390 g/mol. The highest BCUT2D eigenvalue weighted by Crippen LogP contribution is 2.88. The number of aromatic nitrogens is 3. The summed E-state index contributed by atoms with van der Waals surface area (Å²) in [6, 6.07) is 18.6. The molecule has 2 fully saturated rings. The molecule has 0 radical (unpaired) electrons. The van der Waals surface area contributed by atoms with E-state index in [2.05, 4.69) is 25.1 Å². The number of para-hydroxylation sites is 1. The standard InChI is InChI=1S/C25H21N3O3/c1-24-20(29)14-17(15-8-4-2-5-9-15)25(24)19-13-12-18(21(24)25)27-22(30)26(23(31)28(19)27)16-10-6-3-7-11-16/h2-13,17-19,21H,14H2,1H3/t17-,18+,19-,21+,24+,25?/m0/s1. The predicted octanol–water partition coefficient (Wildman–Crippen LogP) is 2.85. The number of nitrogens with zero attached hydrogens (tertiary/aromatic N) is 3. The largest absolute Gasteiger partial charge is 0.352 e. The molecule has 3 aromatic rings. The van der Waals surface area contributed by atoms with Crippen molar-refractivity contribution < 1.29 is 4.79 Å². The van der Waals surface area contributed by atoms with Crippen LogP contribution in [0, 0.1) is 16.7 Å². The molecule has 1 unspecified atom stereocenters. The number of Topliss-reactive ketones (excluding diaryl/α,β-unsaturated/α-hetero) is 1. The third-order valence-corrected chi connectivity index (χ3v) is 8.59. The van der Waals surface area contributed by atoms with E-state index in [0.29, 0.717) is 12.1 Å². The first kappa shape index (κ1) is 17.3. The van der Waals surface area contributed by atoms with Gasteiger partial charge < -0.3 is 0 Å². The number of rotatable bonds is 2. The van der Waals surface area contributed by atoms with E-state index >= 15 is 0 Å². The number of allylic oxidation sites excluding steroid dienone is 2. The third kappa shape index (κ3) is 1.65. The average molecular weight is 411 g/mol. The summed E-state index contributed by atoms with van der Waals surface area (Å²) in [4.78, 5) is 40.3. The summed E-state index contributed by atoms with van der Waals surface area (Å²) >= 11 is 0. The van der Waals surface area contributed by atoms with Crippen LogP contribution in [0.2, 0.25) is 0 Å². The number of ketones is 1. The Balaban J connectivity index is 1.49. The Labute approximate surface area is 178 Å². The van der Waals surface area contributed by atoms with Crippen LogP contribution >= 0.6 is 0 Å². The van der Waals surface area contributed by atoms with Gasteiger partial charge in [-0.25, -0.2) is 23.5 Å². The fourth-order valence-corrected chi connectivity index (χ4v) is 7.46. The lowest BCUT2D eigenvalue weighted by Gasteiger charge is -2.42. The molecule has 0 saturated heterocycles. The molecule has 3 heterocycles. The zero-order chi connectivity index (χ0) is 21.1. The van der Waals surface area contributed by atoms with Crippen molar-refractivity contribution in [2.24, 2.45) is 16.7 Å². The molecule has 1 spiro atoms. The Morgan fingerprint density at radius 2 is 1.48 bits per heavy atom. The molecule has 31 heavy (non-hydrogen) atoms. The zero-order valence-corrected chi connectivity index (χ0v) is 17.0. The highest BCUT2D eigenvalue weighted by atomic mass is 16.2. The number of hydrogen-bond acceptors (Lipinski definition) is 3. The Bertz CT molecular complexity index is 1410. The molecule has 0 N–H and O–H groups in total. The van der Waals surface area contributed by atoms with Crippen molar-refractivity contribution in [1.29, 1.82) is 0 Å². The molecule has 8 rings (SSSR count). The third-order valence-electron chi connectivity index (χ3n) is 8.59. The summed E-state index contributed by atoms with van der Waals surface area (Å²) in [7, 11) is 0. The van der Waals surface area contributed by atoms with Gasteiger partial charge in [0.25, 0.3) is 0 Å². The van der Waals surface area contributed by atoms with Crippen molar-refractivity contribution in [3.63, 3.8) is 0 Å². The topological polar surface area (TPSA) is 66.0 Å². The van der Waals surface area contributed by atoms with E-state index in [1.165, 1.54) is 4.57 Å². The second-order valence-electron chi connectivity index (χ2n) is 9.45. The average Bonchev–Trinajstić information content (AvgIpc) is 3.21. The smallest absolute Gasteiger partial charge is 0.299 e. The molecule has 3 aliphatic carbocycles. The van der Waals surface area contributed by atoms with Crippen LogP contribution in [-0.4, -0.2) is 19.7 Å². The first-order valence-electron chi connectivity index (χ1n) is 10.8. The van der Waals surface area contributed by atoms with Crippen molar-refractivity contribution >= 4 is 5.78 Å². The van der Waals surface area contributed by atoms with E-state index in [9.17, 15) is 14.4 Å². The van der Waals surface area contributed by atoms with E-state index in [-0.39, 0.29) is 46.5 Å². The summed E-state index contributed by atoms with van der Waals surface area (Å²) in [6.45, 7) is 2.06. The summed E-state index contributed by atoms with van der Waals surface area (Å²) in [6.07, 6.45) is 4.60. The Morgan fingerprint density at radius 1 is 0.839 bits per heavy atom. The predicted molar refractivity (Wildman–Crippen MR) is 114 cm³/mol. The van der Waals surface area contributed by atoms with Crippen molar-refractivity contribution in [3.8, 4) is 5.69 Å². The van der Waals surface area contributed by atoms with E-state index in [0.717, 1.165) is 5.56 Å². The summed E-state index contributed by atoms with van der Waals surface area (Å²) in [5.74, 6) is 0.335. The van der Waals surface area contributed by atoms with E-state index in [1.54, 1.807) is 21.5 Å². The van der Waals surface area contributed by atoms with Gasteiger partial charge in [-0.05, 0) is 17.7 Å². The molecule has 2 bridgehead atoms. The molecule has 2 aromatic carbocycles. The quantitative estimate of drug-likeness (QED) is 0.609.